The first-order valence-electron chi connectivity index (χ1n) is 6.54. The maximum absolute atomic E-state index is 12.5. The molecule has 2 amide bonds. The van der Waals surface area contributed by atoms with Crippen molar-refractivity contribution < 1.29 is 9.59 Å². The number of nitrogens with one attached hydrogen (secondary N) is 1. The second-order valence-corrected chi connectivity index (χ2v) is 5.89. The van der Waals surface area contributed by atoms with Crippen LogP contribution >= 0.6 is 11.3 Å². The molecule has 1 atom stereocenters. The van der Waals surface area contributed by atoms with Crippen LogP contribution in [-0.4, -0.2) is 29.3 Å². The Morgan fingerprint density at radius 1 is 1.42 bits per heavy atom. The third-order valence-corrected chi connectivity index (χ3v) is 3.77. The first-order chi connectivity index (χ1) is 8.95. The van der Waals surface area contributed by atoms with Gasteiger partial charge in [0.2, 0.25) is 11.8 Å². The summed E-state index contributed by atoms with van der Waals surface area (Å²) in [5, 5.41) is 4.75. The smallest absolute Gasteiger partial charge is 0.245 e. The number of likely N-dealkylation sites (N-methyl/N-ethyl adjacent to an activating group) is 1. The van der Waals surface area contributed by atoms with Gasteiger partial charge >= 0.3 is 0 Å². The van der Waals surface area contributed by atoms with Gasteiger partial charge < -0.3 is 10.2 Å². The van der Waals surface area contributed by atoms with Crippen LogP contribution in [0.1, 0.15) is 32.6 Å². The highest BCUT2D eigenvalue weighted by Crippen LogP contribution is 2.14. The van der Waals surface area contributed by atoms with Crippen molar-refractivity contribution in [3.8, 4) is 0 Å². The van der Waals surface area contributed by atoms with E-state index in [0.29, 0.717) is 13.1 Å². The molecule has 1 rings (SSSR count). The summed E-state index contributed by atoms with van der Waals surface area (Å²) in [6.07, 6.45) is 0. The van der Waals surface area contributed by atoms with Crippen molar-refractivity contribution in [3.63, 3.8) is 0 Å². The third kappa shape index (κ3) is 4.67. The quantitative estimate of drug-likeness (QED) is 0.870. The van der Waals surface area contributed by atoms with E-state index >= 15 is 0 Å². The van der Waals surface area contributed by atoms with E-state index in [4.69, 9.17) is 0 Å². The van der Waals surface area contributed by atoms with Gasteiger partial charge in [-0.1, -0.05) is 19.9 Å². The first-order valence-corrected chi connectivity index (χ1v) is 7.42. The summed E-state index contributed by atoms with van der Waals surface area (Å²) in [5.74, 6) is -0.103. The molecule has 0 saturated carbocycles. The molecule has 1 heterocycles. The highest BCUT2D eigenvalue weighted by molar-refractivity contribution is 7.09. The van der Waals surface area contributed by atoms with Gasteiger partial charge in [-0.05, 0) is 24.3 Å². The van der Waals surface area contributed by atoms with Crippen LogP contribution in [0.4, 0.5) is 0 Å². The summed E-state index contributed by atoms with van der Waals surface area (Å²) in [4.78, 5) is 26.6. The number of nitrogens with zero attached hydrogens (tertiary/aromatic N) is 1. The Kier molecular flexibility index (Phi) is 6.02. The summed E-state index contributed by atoms with van der Waals surface area (Å²) in [7, 11) is 0. The molecule has 1 aromatic rings. The number of carbonyl (C=O) groups is 2. The fraction of sp³-hybridized carbons (Fsp3) is 0.571. The second-order valence-electron chi connectivity index (χ2n) is 4.85. The highest BCUT2D eigenvalue weighted by atomic mass is 32.1. The normalized spacial score (nSPS) is 12.3. The van der Waals surface area contributed by atoms with Gasteiger partial charge in [-0.15, -0.1) is 11.3 Å². The highest BCUT2D eigenvalue weighted by Gasteiger charge is 2.27. The Bertz CT molecular complexity index is 415. The van der Waals surface area contributed by atoms with E-state index < -0.39 is 6.04 Å². The molecule has 0 aliphatic carbocycles. The molecule has 0 radical (unpaired) electrons. The molecule has 5 heteroatoms. The van der Waals surface area contributed by atoms with Gasteiger partial charge in [0, 0.05) is 18.3 Å². The van der Waals surface area contributed by atoms with Crippen LogP contribution in [-0.2, 0) is 16.1 Å². The zero-order valence-electron chi connectivity index (χ0n) is 12.0. The molecule has 1 N–H and O–H groups in total. The van der Waals surface area contributed by atoms with Crippen LogP contribution in [0.15, 0.2) is 17.5 Å². The number of hydrogen-bond acceptors (Lipinski definition) is 3. The maximum Gasteiger partial charge on any atom is 0.245 e. The predicted molar refractivity (Wildman–Crippen MR) is 77.9 cm³/mol. The van der Waals surface area contributed by atoms with Gasteiger partial charge in [0.25, 0.3) is 0 Å². The molecule has 0 saturated heterocycles. The molecule has 0 spiro atoms. The lowest BCUT2D eigenvalue weighted by Crippen LogP contribution is -2.50. The Hall–Kier alpha value is -1.36. The van der Waals surface area contributed by atoms with E-state index in [0.717, 1.165) is 4.88 Å². The van der Waals surface area contributed by atoms with E-state index in [9.17, 15) is 9.59 Å². The van der Waals surface area contributed by atoms with Crippen molar-refractivity contribution in [2.75, 3.05) is 6.54 Å². The fourth-order valence-corrected chi connectivity index (χ4v) is 2.58. The predicted octanol–water partition coefficient (Wildman–Crippen LogP) is 2.26. The molecule has 4 nitrogen and oxygen atoms in total. The Labute approximate surface area is 118 Å². The van der Waals surface area contributed by atoms with Crippen molar-refractivity contribution >= 4 is 23.2 Å². The topological polar surface area (TPSA) is 49.4 Å². The summed E-state index contributed by atoms with van der Waals surface area (Å²) in [6, 6.07) is 3.55. The Morgan fingerprint density at radius 2 is 2.11 bits per heavy atom. The van der Waals surface area contributed by atoms with Gasteiger partial charge in [-0.25, -0.2) is 0 Å². The molecule has 19 heavy (non-hydrogen) atoms. The molecule has 1 aromatic heterocycles. The number of hydrogen-bond donors (Lipinski definition) is 1. The van der Waals surface area contributed by atoms with E-state index in [1.807, 2.05) is 38.3 Å². The monoisotopic (exact) mass is 282 g/mol. The zero-order valence-corrected chi connectivity index (χ0v) is 12.8. The van der Waals surface area contributed by atoms with Crippen LogP contribution in [0.2, 0.25) is 0 Å². The summed E-state index contributed by atoms with van der Waals surface area (Å²) in [5.41, 5.74) is 0. The lowest BCUT2D eigenvalue weighted by Gasteiger charge is -2.28. The van der Waals surface area contributed by atoms with E-state index in [1.54, 1.807) is 16.2 Å². The number of carbonyl (C=O) groups excluding carboxylic acids is 2. The standard InChI is InChI=1S/C14H22N2O2S/c1-5-16(9-12-7-6-8-19-12)14(18)13(10(2)3)15-11(4)17/h6-8,10,13H,5,9H2,1-4H3,(H,15,17). The number of amides is 2. The van der Waals surface area contributed by atoms with Crippen molar-refractivity contribution in [2.45, 2.75) is 40.3 Å². The van der Waals surface area contributed by atoms with Crippen LogP contribution in [0.3, 0.4) is 0 Å². The zero-order chi connectivity index (χ0) is 14.4. The third-order valence-electron chi connectivity index (χ3n) is 2.91. The first kappa shape index (κ1) is 15.7. The largest absolute Gasteiger partial charge is 0.344 e. The lowest BCUT2D eigenvalue weighted by atomic mass is 10.0. The summed E-state index contributed by atoms with van der Waals surface area (Å²) >= 11 is 1.64. The number of thiophene rings is 1. The Balaban J connectivity index is 2.77. The summed E-state index contributed by atoms with van der Waals surface area (Å²) < 4.78 is 0. The van der Waals surface area contributed by atoms with E-state index in [1.165, 1.54) is 6.92 Å². The van der Waals surface area contributed by atoms with Crippen LogP contribution in [0, 0.1) is 5.92 Å². The average molecular weight is 282 g/mol. The van der Waals surface area contributed by atoms with Crippen molar-refractivity contribution in [1.29, 1.82) is 0 Å². The minimum absolute atomic E-state index is 0.0129. The molecular weight excluding hydrogens is 260 g/mol. The number of rotatable bonds is 6. The molecule has 0 aliphatic rings. The van der Waals surface area contributed by atoms with Gasteiger partial charge in [-0.3, -0.25) is 9.59 Å². The van der Waals surface area contributed by atoms with Crippen molar-refractivity contribution in [3.05, 3.63) is 22.4 Å². The maximum atomic E-state index is 12.5. The second kappa shape index (κ2) is 7.28. The van der Waals surface area contributed by atoms with E-state index in [-0.39, 0.29) is 17.7 Å². The van der Waals surface area contributed by atoms with Crippen LogP contribution in [0.25, 0.3) is 0 Å². The van der Waals surface area contributed by atoms with Crippen molar-refractivity contribution in [2.24, 2.45) is 5.92 Å². The summed E-state index contributed by atoms with van der Waals surface area (Å²) in [6.45, 7) is 8.53. The average Bonchev–Trinajstić information content (AvgIpc) is 2.84. The van der Waals surface area contributed by atoms with Gasteiger partial charge in [-0.2, -0.15) is 0 Å². The minimum atomic E-state index is -0.447. The lowest BCUT2D eigenvalue weighted by molar-refractivity contribution is -0.137. The molecule has 106 valence electrons. The van der Waals surface area contributed by atoms with Gasteiger partial charge in [0.05, 0.1) is 6.54 Å². The molecular formula is C14H22N2O2S. The molecule has 0 fully saturated rings. The minimum Gasteiger partial charge on any atom is -0.344 e. The van der Waals surface area contributed by atoms with Gasteiger partial charge in [0.15, 0.2) is 0 Å². The molecule has 0 aliphatic heterocycles. The van der Waals surface area contributed by atoms with E-state index in [2.05, 4.69) is 5.32 Å². The molecule has 0 aromatic carbocycles. The molecule has 0 bridgehead atoms. The van der Waals surface area contributed by atoms with Crippen molar-refractivity contribution in [1.82, 2.24) is 10.2 Å². The SMILES string of the molecule is CCN(Cc1cccs1)C(=O)C(NC(C)=O)C(C)C. The molecule has 1 unspecified atom stereocenters. The van der Waals surface area contributed by atoms with Crippen LogP contribution < -0.4 is 5.32 Å². The van der Waals surface area contributed by atoms with Crippen LogP contribution in [0.5, 0.6) is 0 Å². The van der Waals surface area contributed by atoms with Gasteiger partial charge in [0.1, 0.15) is 6.04 Å². The fourth-order valence-electron chi connectivity index (χ4n) is 1.87. The Morgan fingerprint density at radius 3 is 2.53 bits per heavy atom.